The highest BCUT2D eigenvalue weighted by atomic mass is 16.3. The van der Waals surface area contributed by atoms with Crippen LogP contribution >= 0.6 is 0 Å². The molecule has 4 bridgehead atoms. The van der Waals surface area contributed by atoms with Gasteiger partial charge >= 0.3 is 0 Å². The van der Waals surface area contributed by atoms with E-state index in [2.05, 4.69) is 21.7 Å². The molecule has 4 nitrogen and oxygen atoms in total. The first-order chi connectivity index (χ1) is 9.04. The lowest BCUT2D eigenvalue weighted by Gasteiger charge is -2.60. The summed E-state index contributed by atoms with van der Waals surface area (Å²) in [4.78, 5) is 0. The summed E-state index contributed by atoms with van der Waals surface area (Å²) in [6.45, 7) is 2.46. The molecule has 4 heteroatoms. The van der Waals surface area contributed by atoms with Crippen molar-refractivity contribution in [3.63, 3.8) is 0 Å². The number of nitrogens with zero attached hydrogens (tertiary/aromatic N) is 3. The van der Waals surface area contributed by atoms with Gasteiger partial charge in [0.2, 0.25) is 0 Å². The van der Waals surface area contributed by atoms with Crippen LogP contribution in [0.3, 0.4) is 0 Å². The van der Waals surface area contributed by atoms with E-state index in [-0.39, 0.29) is 12.0 Å². The Bertz CT molecular complexity index is 507. The van der Waals surface area contributed by atoms with Crippen molar-refractivity contribution < 1.29 is 5.11 Å². The molecule has 5 rings (SSSR count). The van der Waals surface area contributed by atoms with Gasteiger partial charge in [0, 0.05) is 12.5 Å². The monoisotopic (exact) mass is 261 g/mol. The maximum absolute atomic E-state index is 9.34. The summed E-state index contributed by atoms with van der Waals surface area (Å²) in [5.74, 6) is 3.62. The topological polar surface area (TPSA) is 50.9 Å². The van der Waals surface area contributed by atoms with Crippen LogP contribution < -0.4 is 0 Å². The zero-order chi connectivity index (χ0) is 13.3. The molecule has 2 unspecified atom stereocenters. The van der Waals surface area contributed by atoms with E-state index in [0.29, 0.717) is 11.2 Å². The van der Waals surface area contributed by atoms with E-state index < -0.39 is 0 Å². The van der Waals surface area contributed by atoms with Crippen molar-refractivity contribution in [3.05, 3.63) is 11.6 Å². The lowest BCUT2D eigenvalue weighted by atomic mass is 9.44. The fraction of sp³-hybridized carbons (Fsp3) is 0.867. The average Bonchev–Trinajstić information content (AvgIpc) is 2.67. The van der Waals surface area contributed by atoms with Crippen LogP contribution in [0.4, 0.5) is 0 Å². The SMILES string of the molecule is Cn1c(CO)nnc1C12CC3CC(CC(C)(C3)C1)C2. The van der Waals surface area contributed by atoms with Gasteiger partial charge in [-0.3, -0.25) is 0 Å². The zero-order valence-corrected chi connectivity index (χ0v) is 11.9. The van der Waals surface area contributed by atoms with Gasteiger partial charge in [-0.2, -0.15) is 0 Å². The Morgan fingerprint density at radius 3 is 2.42 bits per heavy atom. The molecular formula is C15H23N3O. The van der Waals surface area contributed by atoms with Crippen molar-refractivity contribution in [2.45, 2.75) is 57.5 Å². The molecule has 19 heavy (non-hydrogen) atoms. The van der Waals surface area contributed by atoms with Crippen LogP contribution in [0, 0.1) is 17.3 Å². The Morgan fingerprint density at radius 2 is 1.89 bits per heavy atom. The first-order valence-corrected chi connectivity index (χ1v) is 7.53. The summed E-state index contributed by atoms with van der Waals surface area (Å²) in [5.41, 5.74) is 0.767. The molecule has 0 spiro atoms. The summed E-state index contributed by atoms with van der Waals surface area (Å²) < 4.78 is 2.05. The predicted octanol–water partition coefficient (Wildman–Crippen LogP) is 2.17. The Kier molecular flexibility index (Phi) is 2.25. The minimum absolute atomic E-state index is 0.0102. The van der Waals surface area contributed by atoms with Crippen LogP contribution in [0.5, 0.6) is 0 Å². The summed E-state index contributed by atoms with van der Waals surface area (Å²) in [5, 5.41) is 18.0. The zero-order valence-electron chi connectivity index (χ0n) is 11.9. The molecule has 4 aliphatic carbocycles. The summed E-state index contributed by atoms with van der Waals surface area (Å²) >= 11 is 0. The fourth-order valence-electron chi connectivity index (χ4n) is 5.94. The maximum Gasteiger partial charge on any atom is 0.158 e. The molecule has 4 fully saturated rings. The van der Waals surface area contributed by atoms with Crippen molar-refractivity contribution in [3.8, 4) is 0 Å². The van der Waals surface area contributed by atoms with Gasteiger partial charge in [-0.05, 0) is 55.8 Å². The maximum atomic E-state index is 9.34. The van der Waals surface area contributed by atoms with Crippen LogP contribution in [0.2, 0.25) is 0 Å². The number of hydrogen-bond acceptors (Lipinski definition) is 3. The highest BCUT2D eigenvalue weighted by molar-refractivity contribution is 5.20. The highest BCUT2D eigenvalue weighted by Crippen LogP contribution is 2.65. The number of aliphatic hydroxyl groups excluding tert-OH is 1. The van der Waals surface area contributed by atoms with E-state index >= 15 is 0 Å². The molecule has 1 aromatic rings. The fourth-order valence-corrected chi connectivity index (χ4v) is 5.94. The van der Waals surface area contributed by atoms with Gasteiger partial charge < -0.3 is 9.67 Å². The van der Waals surface area contributed by atoms with E-state index in [1.165, 1.54) is 38.5 Å². The van der Waals surface area contributed by atoms with E-state index in [1.54, 1.807) is 0 Å². The van der Waals surface area contributed by atoms with Crippen LogP contribution in [-0.4, -0.2) is 19.9 Å². The van der Waals surface area contributed by atoms with Gasteiger partial charge in [0.25, 0.3) is 0 Å². The molecule has 104 valence electrons. The van der Waals surface area contributed by atoms with Crippen LogP contribution in [0.15, 0.2) is 0 Å². The number of aliphatic hydroxyl groups is 1. The summed E-state index contributed by atoms with van der Waals surface area (Å²) in [7, 11) is 2.02. The van der Waals surface area contributed by atoms with Crippen molar-refractivity contribution in [2.75, 3.05) is 0 Å². The molecule has 4 aliphatic rings. The average molecular weight is 261 g/mol. The van der Waals surface area contributed by atoms with Crippen molar-refractivity contribution in [1.29, 1.82) is 0 Å². The first-order valence-electron chi connectivity index (χ1n) is 7.53. The van der Waals surface area contributed by atoms with E-state index in [9.17, 15) is 5.11 Å². The van der Waals surface area contributed by atoms with Gasteiger partial charge in [0.05, 0.1) is 0 Å². The Labute approximate surface area is 114 Å². The molecule has 0 amide bonds. The molecule has 4 saturated carbocycles. The smallest absolute Gasteiger partial charge is 0.158 e. The Balaban J connectivity index is 1.79. The second-order valence-electron chi connectivity index (χ2n) is 7.71. The van der Waals surface area contributed by atoms with Crippen molar-refractivity contribution in [2.24, 2.45) is 24.3 Å². The number of hydrogen-bond donors (Lipinski definition) is 1. The second kappa shape index (κ2) is 3.60. The largest absolute Gasteiger partial charge is 0.388 e. The Morgan fingerprint density at radius 1 is 1.21 bits per heavy atom. The van der Waals surface area contributed by atoms with Gasteiger partial charge in [0.15, 0.2) is 5.82 Å². The van der Waals surface area contributed by atoms with Gasteiger partial charge in [-0.1, -0.05) is 6.92 Å². The quantitative estimate of drug-likeness (QED) is 0.887. The van der Waals surface area contributed by atoms with Crippen LogP contribution in [0.1, 0.15) is 57.1 Å². The summed E-state index contributed by atoms with van der Waals surface area (Å²) in [6.07, 6.45) is 8.10. The first kappa shape index (κ1) is 11.9. The van der Waals surface area contributed by atoms with E-state index in [1.807, 2.05) is 7.05 Å². The molecule has 0 aromatic carbocycles. The van der Waals surface area contributed by atoms with Crippen molar-refractivity contribution in [1.82, 2.24) is 14.8 Å². The van der Waals surface area contributed by atoms with Crippen LogP contribution in [-0.2, 0) is 19.1 Å². The minimum atomic E-state index is -0.0102. The molecule has 1 heterocycles. The van der Waals surface area contributed by atoms with Crippen LogP contribution in [0.25, 0.3) is 0 Å². The standard InChI is InChI=1S/C15H23N3O/c1-14-4-10-3-11(5-14)7-15(6-10,9-14)13-17-16-12(8-19)18(13)2/h10-11,19H,3-9H2,1-2H3. The molecule has 0 radical (unpaired) electrons. The van der Waals surface area contributed by atoms with Gasteiger partial charge in [-0.25, -0.2) is 0 Å². The summed E-state index contributed by atoms with van der Waals surface area (Å²) in [6, 6.07) is 0. The van der Waals surface area contributed by atoms with Crippen molar-refractivity contribution >= 4 is 0 Å². The third-order valence-corrected chi connectivity index (χ3v) is 5.93. The number of aromatic nitrogens is 3. The molecule has 0 saturated heterocycles. The lowest BCUT2D eigenvalue weighted by molar-refractivity contribution is -0.0659. The third kappa shape index (κ3) is 1.55. The van der Waals surface area contributed by atoms with Gasteiger partial charge in [0.1, 0.15) is 12.4 Å². The van der Waals surface area contributed by atoms with E-state index in [0.717, 1.165) is 17.7 Å². The molecule has 2 atom stereocenters. The molecular weight excluding hydrogens is 238 g/mol. The van der Waals surface area contributed by atoms with E-state index in [4.69, 9.17) is 0 Å². The third-order valence-electron chi connectivity index (χ3n) is 5.93. The molecule has 1 N–H and O–H groups in total. The Hall–Kier alpha value is -0.900. The second-order valence-corrected chi connectivity index (χ2v) is 7.71. The molecule has 1 aromatic heterocycles. The lowest BCUT2D eigenvalue weighted by Crippen LogP contribution is -2.53. The minimum Gasteiger partial charge on any atom is -0.388 e. The van der Waals surface area contributed by atoms with Gasteiger partial charge in [-0.15, -0.1) is 10.2 Å². The predicted molar refractivity (Wildman–Crippen MR) is 71.4 cm³/mol. The molecule has 0 aliphatic heterocycles. The number of rotatable bonds is 2. The highest BCUT2D eigenvalue weighted by Gasteiger charge is 2.58. The normalized spacial score (nSPS) is 43.9.